The Bertz CT molecular complexity index is 1300. The maximum absolute atomic E-state index is 13.9. The number of allylic oxidation sites excluding steroid dienone is 1. The molecular weight excluding hydrogens is 646 g/mol. The number of nitrogens with zero attached hydrogens (tertiary/aromatic N) is 2. The molecule has 50 heavy (non-hydrogen) atoms. The Kier molecular flexibility index (Phi) is 14.2. The van der Waals surface area contributed by atoms with Gasteiger partial charge < -0.3 is 54.8 Å². The van der Waals surface area contributed by atoms with E-state index >= 15 is 0 Å². The Morgan fingerprint density at radius 2 is 1.88 bits per heavy atom. The molecule has 280 valence electrons. The van der Waals surface area contributed by atoms with Crippen molar-refractivity contribution in [2.75, 3.05) is 52.7 Å². The summed E-state index contributed by atoms with van der Waals surface area (Å²) in [4.78, 5) is 21.6. The van der Waals surface area contributed by atoms with Crippen LogP contribution in [-0.2, 0) is 14.3 Å². The van der Waals surface area contributed by atoms with Crippen molar-refractivity contribution in [2.45, 2.75) is 102 Å². The smallest absolute Gasteiger partial charge is 0.317 e. The molecule has 2 aliphatic heterocycles. The monoisotopic (exact) mass is 703 g/mol. The van der Waals surface area contributed by atoms with Crippen LogP contribution in [0.2, 0.25) is 0 Å². The van der Waals surface area contributed by atoms with Crippen molar-refractivity contribution in [1.29, 1.82) is 0 Å². The molecule has 1 saturated carbocycles. The van der Waals surface area contributed by atoms with E-state index in [1.54, 1.807) is 23.1 Å². The molecule has 0 aromatic heterocycles. The third-order valence-electron chi connectivity index (χ3n) is 10.5. The van der Waals surface area contributed by atoms with E-state index < -0.39 is 24.0 Å². The lowest BCUT2D eigenvalue weighted by molar-refractivity contribution is -0.228. The highest BCUT2D eigenvalue weighted by Crippen LogP contribution is 2.60. The summed E-state index contributed by atoms with van der Waals surface area (Å²) < 4.78 is 17.9. The molecule has 0 bridgehead atoms. The van der Waals surface area contributed by atoms with E-state index in [1.807, 2.05) is 6.92 Å². The third kappa shape index (κ3) is 8.74. The van der Waals surface area contributed by atoms with E-state index in [0.29, 0.717) is 50.3 Å². The number of ether oxygens (including phenoxy) is 3. The molecule has 6 N–H and O–H groups in total. The van der Waals surface area contributed by atoms with Crippen LogP contribution in [0.3, 0.4) is 0 Å². The highest BCUT2D eigenvalue weighted by atomic mass is 16.8. The summed E-state index contributed by atoms with van der Waals surface area (Å²) in [5, 5.41) is 59.9. The van der Waals surface area contributed by atoms with E-state index in [1.165, 1.54) is 0 Å². The van der Waals surface area contributed by atoms with Gasteiger partial charge in [0.1, 0.15) is 17.5 Å². The van der Waals surface area contributed by atoms with Crippen LogP contribution >= 0.6 is 0 Å². The lowest BCUT2D eigenvalue weighted by Gasteiger charge is -2.58. The maximum Gasteiger partial charge on any atom is 0.317 e. The summed E-state index contributed by atoms with van der Waals surface area (Å²) in [6, 6.07) is 3.73. The second-order valence-electron chi connectivity index (χ2n) is 13.9. The molecule has 0 spiro atoms. The number of phenols is 1. The Morgan fingerprint density at radius 1 is 1.08 bits per heavy atom. The van der Waals surface area contributed by atoms with Gasteiger partial charge in [-0.15, -0.1) is 0 Å². The van der Waals surface area contributed by atoms with Gasteiger partial charge in [-0.3, -0.25) is 0 Å². The van der Waals surface area contributed by atoms with E-state index in [2.05, 4.69) is 11.4 Å². The summed E-state index contributed by atoms with van der Waals surface area (Å²) in [6.07, 6.45) is 9.58. The molecular formula is C37H57N3O10. The van der Waals surface area contributed by atoms with Gasteiger partial charge in [-0.25, -0.2) is 4.79 Å². The largest absolute Gasteiger partial charge is 0.508 e. The summed E-state index contributed by atoms with van der Waals surface area (Å²) in [6.45, 7) is 3.57. The number of nitrogens with one attached hydrogen (secondary N) is 1. The van der Waals surface area contributed by atoms with Crippen molar-refractivity contribution in [1.82, 2.24) is 10.2 Å². The minimum atomic E-state index is -1.86. The number of carbonyl (C=O) groups excluding carboxylic acids is 1. The standard InChI is InChI=1S/C37H57N3O10/c1-2-15-40(36(45)38-14-20-47-21-18-43)32-24-30(39-50-33-11-5-8-19-48-33)28-22-25(9-3-6-16-41)27(10-4-7-17-42)34-29-23-26(44)12-13-31(29)49-37(32,46)35(28)34/h12-13,22-23,25,27,32-35,41-44,46H,2-11,14-21,24H2,1H3,(H,38,45)/t25-,27+,32-,33?,34+,35+,37+/m0/s1. The fraction of sp³-hybridized carbons (Fsp3) is 0.730. The second-order valence-corrected chi connectivity index (χ2v) is 13.9. The number of carbonyl (C=O) groups is 1. The zero-order valence-electron chi connectivity index (χ0n) is 29.4. The van der Waals surface area contributed by atoms with E-state index in [9.17, 15) is 25.2 Å². The normalized spacial score (nSPS) is 29.4. The van der Waals surface area contributed by atoms with Crippen molar-refractivity contribution in [3.8, 4) is 11.5 Å². The summed E-state index contributed by atoms with van der Waals surface area (Å²) >= 11 is 0. The zero-order chi connectivity index (χ0) is 35.5. The number of hydrogen-bond donors (Lipinski definition) is 6. The summed E-state index contributed by atoms with van der Waals surface area (Å²) in [7, 11) is 0. The molecule has 2 fully saturated rings. The van der Waals surface area contributed by atoms with Crippen LogP contribution < -0.4 is 10.1 Å². The quantitative estimate of drug-likeness (QED) is 0.0973. The van der Waals surface area contributed by atoms with Gasteiger partial charge in [0.25, 0.3) is 0 Å². The Hall–Kier alpha value is -2.94. The number of hydrogen-bond acceptors (Lipinski definition) is 11. The van der Waals surface area contributed by atoms with E-state index in [0.717, 1.165) is 49.7 Å². The van der Waals surface area contributed by atoms with Gasteiger partial charge >= 0.3 is 6.03 Å². The van der Waals surface area contributed by atoms with Gasteiger partial charge in [0.2, 0.25) is 12.1 Å². The Morgan fingerprint density at radius 3 is 2.60 bits per heavy atom. The fourth-order valence-electron chi connectivity index (χ4n) is 8.34. The topological polar surface area (TPSA) is 183 Å². The van der Waals surface area contributed by atoms with Crippen LogP contribution in [0.15, 0.2) is 35.0 Å². The van der Waals surface area contributed by atoms with E-state index in [4.69, 9.17) is 29.3 Å². The first-order valence-corrected chi connectivity index (χ1v) is 18.6. The molecule has 13 heteroatoms. The molecule has 1 saturated heterocycles. The molecule has 7 atom stereocenters. The van der Waals surface area contributed by atoms with Crippen molar-refractivity contribution >= 4 is 11.7 Å². The van der Waals surface area contributed by atoms with Crippen molar-refractivity contribution in [2.24, 2.45) is 22.9 Å². The lowest BCUT2D eigenvalue weighted by Crippen LogP contribution is -2.69. The predicted molar refractivity (Wildman–Crippen MR) is 186 cm³/mol. The number of urea groups is 1. The van der Waals surface area contributed by atoms with Crippen LogP contribution in [0.4, 0.5) is 4.79 Å². The van der Waals surface area contributed by atoms with Gasteiger partial charge in [-0.05, 0) is 80.6 Å². The number of aliphatic hydroxyl groups is 4. The first-order chi connectivity index (χ1) is 24.4. The minimum Gasteiger partial charge on any atom is -0.508 e. The van der Waals surface area contributed by atoms with Gasteiger partial charge in [0.05, 0.1) is 38.1 Å². The number of aliphatic hydroxyl groups excluding tert-OH is 3. The molecule has 5 rings (SSSR count). The number of unbranched alkanes of at least 4 members (excludes halogenated alkanes) is 2. The Balaban J connectivity index is 1.62. The first-order valence-electron chi connectivity index (χ1n) is 18.6. The second kappa shape index (κ2) is 18.5. The Labute approximate surface area is 295 Å². The molecule has 0 radical (unpaired) electrons. The van der Waals surface area contributed by atoms with Crippen LogP contribution in [0.25, 0.3) is 0 Å². The van der Waals surface area contributed by atoms with Gasteiger partial charge in [0.15, 0.2) is 0 Å². The number of rotatable bonds is 18. The molecule has 2 amide bonds. The van der Waals surface area contributed by atoms with Crippen LogP contribution in [0.1, 0.15) is 89.0 Å². The van der Waals surface area contributed by atoms with Crippen molar-refractivity contribution in [3.63, 3.8) is 0 Å². The number of aromatic hydroxyl groups is 1. The number of phenolic OH excluding ortho intramolecular Hbond substituents is 1. The molecule has 1 aromatic carbocycles. The van der Waals surface area contributed by atoms with Crippen LogP contribution in [0.5, 0.6) is 11.5 Å². The molecule has 1 aromatic rings. The average Bonchev–Trinajstić information content (AvgIpc) is 3.12. The van der Waals surface area contributed by atoms with Crippen LogP contribution in [-0.4, -0.2) is 113 Å². The SMILES string of the molecule is CCCN(C(=O)NCCOCCO)[C@H]1CC(=NOC2CCCCO2)C2=C[C@H](CCCCO)[C@@H](CCCCO)[C@@H]3c4cc(O)ccc4O[C@@]1(O)[C@H]23. The average molecular weight is 704 g/mol. The molecule has 4 aliphatic rings. The molecule has 2 aliphatic carbocycles. The number of benzene rings is 1. The highest BCUT2D eigenvalue weighted by Gasteiger charge is 2.64. The third-order valence-corrected chi connectivity index (χ3v) is 10.5. The lowest BCUT2D eigenvalue weighted by atomic mass is 9.55. The minimum absolute atomic E-state index is 0.00434. The number of fused-ring (bicyclic) bond motifs is 2. The van der Waals surface area contributed by atoms with Crippen molar-refractivity contribution < 1.29 is 49.4 Å². The van der Waals surface area contributed by atoms with Crippen LogP contribution in [0, 0.1) is 17.8 Å². The first kappa shape index (κ1) is 38.3. The summed E-state index contributed by atoms with van der Waals surface area (Å²) in [5.41, 5.74) is 2.22. The highest BCUT2D eigenvalue weighted by molar-refractivity contribution is 6.03. The summed E-state index contributed by atoms with van der Waals surface area (Å²) in [5.74, 6) is -2.22. The fourth-order valence-corrected chi connectivity index (χ4v) is 8.34. The zero-order valence-corrected chi connectivity index (χ0v) is 29.4. The maximum atomic E-state index is 13.9. The van der Waals surface area contributed by atoms with Gasteiger partial charge in [0, 0.05) is 50.6 Å². The molecule has 13 nitrogen and oxygen atoms in total. The van der Waals surface area contributed by atoms with Crippen molar-refractivity contribution in [3.05, 3.63) is 35.4 Å². The molecule has 1 unspecified atom stereocenters. The number of amides is 2. The molecule has 2 heterocycles. The number of oxime groups is 1. The van der Waals surface area contributed by atoms with Gasteiger partial charge in [-0.1, -0.05) is 31.0 Å². The predicted octanol–water partition coefficient (Wildman–Crippen LogP) is 3.77. The van der Waals surface area contributed by atoms with Gasteiger partial charge in [-0.2, -0.15) is 0 Å². The van der Waals surface area contributed by atoms with E-state index in [-0.39, 0.29) is 75.5 Å².